The van der Waals surface area contributed by atoms with E-state index in [0.717, 1.165) is 51.4 Å². The van der Waals surface area contributed by atoms with Crippen LogP contribution < -0.4 is 4.89 Å². The molecule has 0 spiro atoms. The third-order valence-electron chi connectivity index (χ3n) is 8.72. The van der Waals surface area contributed by atoms with Crippen molar-refractivity contribution in [3.8, 4) is 0 Å². The summed E-state index contributed by atoms with van der Waals surface area (Å²) in [4.78, 5) is 37.0. The first kappa shape index (κ1) is 49.5. The predicted octanol–water partition coefficient (Wildman–Crippen LogP) is 10.6. The number of likely N-dealkylation sites (N-methyl/N-ethyl adjacent to an activating group) is 1. The molecule has 0 heterocycles. The molecule has 10 heteroatoms. The van der Waals surface area contributed by atoms with E-state index in [1.165, 1.54) is 89.9 Å². The Morgan fingerprint density at radius 2 is 1.06 bits per heavy atom. The van der Waals surface area contributed by atoms with Gasteiger partial charge in [0.25, 0.3) is 7.82 Å². The standard InChI is InChI=1S/C41H78NO8P/c1-6-8-10-12-13-14-15-16-17-18-19-20-21-22-23-24-25-26-27-28-29-30-32-34-41(44)50-39(37-47-40(43)33-31-11-9-7-2)38-49-51(45,46)48-36-35-42(3,4)5/h15-16,18-19,39H,6-14,17,20-38H2,1-5H3/b16-15-,19-18-. The number of hydrogen-bond donors (Lipinski definition) is 0. The molecule has 0 saturated carbocycles. The van der Waals surface area contributed by atoms with Crippen LogP contribution in [0.3, 0.4) is 0 Å². The fourth-order valence-electron chi connectivity index (χ4n) is 5.45. The zero-order chi connectivity index (χ0) is 37.9. The molecule has 0 fully saturated rings. The van der Waals surface area contributed by atoms with Crippen molar-refractivity contribution >= 4 is 19.8 Å². The SMILES string of the molecule is CCCCCCC/C=C\C/C=C\CCCCCCCCCCCCCC(=O)OC(COC(=O)CCCCCC)COP(=O)([O-])OCC[N+](C)(C)C. The first-order valence-electron chi connectivity index (χ1n) is 20.5. The highest BCUT2D eigenvalue weighted by Gasteiger charge is 2.21. The van der Waals surface area contributed by atoms with Gasteiger partial charge in [0.1, 0.15) is 19.8 Å². The Kier molecular flexibility index (Phi) is 33.3. The minimum atomic E-state index is -4.61. The molecule has 0 saturated heterocycles. The quantitative estimate of drug-likeness (QED) is 0.0203. The molecule has 0 aromatic heterocycles. The number of phosphoric acid groups is 1. The summed E-state index contributed by atoms with van der Waals surface area (Å²) in [5, 5.41) is 0. The number of allylic oxidation sites excluding steroid dienone is 4. The number of carbonyl (C=O) groups excluding carboxylic acids is 2. The first-order valence-corrected chi connectivity index (χ1v) is 22.0. The van der Waals surface area contributed by atoms with E-state index in [1.807, 2.05) is 21.1 Å². The average Bonchev–Trinajstić information content (AvgIpc) is 3.07. The molecule has 0 rings (SSSR count). The zero-order valence-corrected chi connectivity index (χ0v) is 34.4. The number of unbranched alkanes of at least 4 members (excludes halogenated alkanes) is 19. The first-order chi connectivity index (χ1) is 24.5. The Hall–Kier alpha value is -1.51. The Bertz CT molecular complexity index is 933. The van der Waals surface area contributed by atoms with E-state index >= 15 is 0 Å². The third kappa shape index (κ3) is 38.0. The van der Waals surface area contributed by atoms with Gasteiger partial charge >= 0.3 is 11.9 Å². The summed E-state index contributed by atoms with van der Waals surface area (Å²) in [6.45, 7) is 4.08. The molecule has 51 heavy (non-hydrogen) atoms. The number of carbonyl (C=O) groups is 2. The number of quaternary nitrogens is 1. The second-order valence-corrected chi connectivity index (χ2v) is 16.4. The predicted molar refractivity (Wildman–Crippen MR) is 208 cm³/mol. The molecule has 0 N–H and O–H groups in total. The summed E-state index contributed by atoms with van der Waals surface area (Å²) in [7, 11) is 1.16. The topological polar surface area (TPSA) is 111 Å². The van der Waals surface area contributed by atoms with Crippen molar-refractivity contribution in [2.45, 2.75) is 180 Å². The van der Waals surface area contributed by atoms with E-state index in [-0.39, 0.29) is 26.1 Å². The number of rotatable bonds is 37. The summed E-state index contributed by atoms with van der Waals surface area (Å²) >= 11 is 0. The van der Waals surface area contributed by atoms with E-state index in [1.54, 1.807) is 0 Å². The molecular formula is C41H78NO8P. The number of esters is 2. The van der Waals surface area contributed by atoms with Crippen LogP contribution in [-0.2, 0) is 32.7 Å². The lowest BCUT2D eigenvalue weighted by molar-refractivity contribution is -0.870. The Morgan fingerprint density at radius 1 is 0.608 bits per heavy atom. The number of nitrogens with zero attached hydrogens (tertiary/aromatic N) is 1. The number of ether oxygens (including phenoxy) is 2. The van der Waals surface area contributed by atoms with E-state index in [0.29, 0.717) is 17.4 Å². The van der Waals surface area contributed by atoms with Crippen molar-refractivity contribution in [3.63, 3.8) is 0 Å². The van der Waals surface area contributed by atoms with E-state index in [4.69, 9.17) is 18.5 Å². The molecule has 0 aliphatic carbocycles. The molecule has 9 nitrogen and oxygen atoms in total. The second-order valence-electron chi connectivity index (χ2n) is 15.0. The monoisotopic (exact) mass is 744 g/mol. The molecule has 0 bridgehead atoms. The van der Waals surface area contributed by atoms with Crippen molar-refractivity contribution in [2.24, 2.45) is 0 Å². The fourth-order valence-corrected chi connectivity index (χ4v) is 6.18. The van der Waals surface area contributed by atoms with Gasteiger partial charge in [0, 0.05) is 12.8 Å². The minimum Gasteiger partial charge on any atom is -0.756 e. The Morgan fingerprint density at radius 3 is 1.57 bits per heavy atom. The third-order valence-corrected chi connectivity index (χ3v) is 9.69. The van der Waals surface area contributed by atoms with Crippen LogP contribution in [0.15, 0.2) is 24.3 Å². The van der Waals surface area contributed by atoms with Crippen LogP contribution >= 0.6 is 7.82 Å². The lowest BCUT2D eigenvalue weighted by atomic mass is 10.0. The van der Waals surface area contributed by atoms with Gasteiger partial charge in [-0.3, -0.25) is 14.2 Å². The maximum absolute atomic E-state index is 12.6. The van der Waals surface area contributed by atoms with Crippen LogP contribution in [0, 0.1) is 0 Å². The van der Waals surface area contributed by atoms with Gasteiger partial charge in [0.05, 0.1) is 27.7 Å². The van der Waals surface area contributed by atoms with Gasteiger partial charge in [-0.15, -0.1) is 0 Å². The van der Waals surface area contributed by atoms with Crippen molar-refractivity contribution < 1.29 is 42.1 Å². The second kappa shape index (κ2) is 34.3. The molecule has 0 aromatic rings. The van der Waals surface area contributed by atoms with Crippen LogP contribution in [-0.4, -0.2) is 70.0 Å². The van der Waals surface area contributed by atoms with E-state index in [9.17, 15) is 19.0 Å². The zero-order valence-electron chi connectivity index (χ0n) is 33.6. The highest BCUT2D eigenvalue weighted by molar-refractivity contribution is 7.45. The molecule has 0 aliphatic heterocycles. The van der Waals surface area contributed by atoms with Gasteiger partial charge in [-0.25, -0.2) is 0 Å². The largest absolute Gasteiger partial charge is 0.756 e. The highest BCUT2D eigenvalue weighted by atomic mass is 31.2. The van der Waals surface area contributed by atoms with Crippen LogP contribution in [0.25, 0.3) is 0 Å². The van der Waals surface area contributed by atoms with Crippen LogP contribution in [0.5, 0.6) is 0 Å². The number of phosphoric ester groups is 1. The van der Waals surface area contributed by atoms with Crippen molar-refractivity contribution in [1.82, 2.24) is 0 Å². The minimum absolute atomic E-state index is 0.0303. The Balaban J connectivity index is 4.08. The van der Waals surface area contributed by atoms with Gasteiger partial charge < -0.3 is 27.9 Å². The Labute approximate surface area is 313 Å². The van der Waals surface area contributed by atoms with Crippen molar-refractivity contribution in [3.05, 3.63) is 24.3 Å². The van der Waals surface area contributed by atoms with Crippen molar-refractivity contribution in [2.75, 3.05) is 47.5 Å². The van der Waals surface area contributed by atoms with E-state index in [2.05, 4.69) is 38.2 Å². The molecule has 2 unspecified atom stereocenters. The summed E-state index contributed by atoms with van der Waals surface area (Å²) in [6, 6.07) is 0. The molecular weight excluding hydrogens is 665 g/mol. The summed E-state index contributed by atoms with van der Waals surface area (Å²) in [5.74, 6) is -0.855. The fraction of sp³-hybridized carbons (Fsp3) is 0.854. The number of hydrogen-bond acceptors (Lipinski definition) is 8. The smallest absolute Gasteiger partial charge is 0.306 e. The molecule has 2 atom stereocenters. The highest BCUT2D eigenvalue weighted by Crippen LogP contribution is 2.38. The maximum atomic E-state index is 12.6. The van der Waals surface area contributed by atoms with Crippen LogP contribution in [0.1, 0.15) is 174 Å². The van der Waals surface area contributed by atoms with Gasteiger partial charge in [-0.1, -0.05) is 141 Å². The van der Waals surface area contributed by atoms with Gasteiger partial charge in [-0.2, -0.15) is 0 Å². The lowest BCUT2D eigenvalue weighted by Gasteiger charge is -2.28. The molecule has 0 aromatic carbocycles. The normalized spacial score (nSPS) is 13.9. The van der Waals surface area contributed by atoms with Gasteiger partial charge in [0.2, 0.25) is 0 Å². The molecule has 0 radical (unpaired) electrons. The van der Waals surface area contributed by atoms with Gasteiger partial charge in [-0.05, 0) is 44.9 Å². The van der Waals surface area contributed by atoms with Crippen LogP contribution in [0.4, 0.5) is 0 Å². The lowest BCUT2D eigenvalue weighted by Crippen LogP contribution is -2.37. The summed E-state index contributed by atoms with van der Waals surface area (Å²) < 4.78 is 33.5. The summed E-state index contributed by atoms with van der Waals surface area (Å²) in [5.41, 5.74) is 0. The van der Waals surface area contributed by atoms with Crippen molar-refractivity contribution in [1.29, 1.82) is 0 Å². The molecule has 0 amide bonds. The average molecular weight is 744 g/mol. The van der Waals surface area contributed by atoms with Crippen LogP contribution in [0.2, 0.25) is 0 Å². The van der Waals surface area contributed by atoms with E-state index < -0.39 is 32.5 Å². The van der Waals surface area contributed by atoms with Gasteiger partial charge in [0.15, 0.2) is 6.10 Å². The molecule has 0 aliphatic rings. The molecule has 300 valence electrons. The summed E-state index contributed by atoms with van der Waals surface area (Å²) in [6.07, 6.45) is 35.6. The maximum Gasteiger partial charge on any atom is 0.306 e.